The van der Waals surface area contributed by atoms with E-state index in [4.69, 9.17) is 11.6 Å². The zero-order chi connectivity index (χ0) is 18.0. The summed E-state index contributed by atoms with van der Waals surface area (Å²) in [5.74, 6) is 0.717. The summed E-state index contributed by atoms with van der Waals surface area (Å²) in [5, 5.41) is 3.98. The quantitative estimate of drug-likeness (QED) is 0.843. The zero-order valence-corrected chi connectivity index (χ0v) is 15.7. The second kappa shape index (κ2) is 7.44. The molecule has 2 aromatic rings. The molecule has 1 fully saturated rings. The molecule has 1 aliphatic heterocycles. The molecule has 3 rings (SSSR count). The third-order valence-electron chi connectivity index (χ3n) is 4.75. The predicted molar refractivity (Wildman–Crippen MR) is 103 cm³/mol. The minimum absolute atomic E-state index is 0.0167. The van der Waals surface area contributed by atoms with Crippen LogP contribution in [0.5, 0.6) is 0 Å². The number of nitrogens with one attached hydrogen (secondary N) is 1. The molecule has 25 heavy (non-hydrogen) atoms. The van der Waals surface area contributed by atoms with E-state index in [0.717, 1.165) is 48.4 Å². The van der Waals surface area contributed by atoms with E-state index in [1.807, 2.05) is 30.9 Å². The Bertz CT molecular complexity index is 742. The van der Waals surface area contributed by atoms with Crippen molar-refractivity contribution in [1.82, 2.24) is 9.88 Å². The second-order valence-corrected chi connectivity index (χ2v) is 7.38. The normalized spacial score (nSPS) is 15.3. The van der Waals surface area contributed by atoms with Crippen LogP contribution in [0, 0.1) is 19.8 Å². The van der Waals surface area contributed by atoms with Crippen LogP contribution in [0.4, 0.5) is 11.4 Å². The smallest absolute Gasteiger partial charge is 0.272 e. The number of carbonyl (C=O) groups excluding carboxylic acids is 1. The molecule has 0 saturated carbocycles. The lowest BCUT2D eigenvalue weighted by Gasteiger charge is -2.30. The molecule has 1 saturated heterocycles. The van der Waals surface area contributed by atoms with Crippen molar-refractivity contribution < 1.29 is 4.79 Å². The fourth-order valence-corrected chi connectivity index (χ4v) is 3.55. The van der Waals surface area contributed by atoms with Gasteiger partial charge >= 0.3 is 0 Å². The monoisotopic (exact) mass is 357 g/mol. The second-order valence-electron chi connectivity index (χ2n) is 6.97. The highest BCUT2D eigenvalue weighted by atomic mass is 35.5. The number of carbonyl (C=O) groups is 1. The van der Waals surface area contributed by atoms with Crippen molar-refractivity contribution in [1.29, 1.82) is 0 Å². The zero-order valence-electron chi connectivity index (χ0n) is 15.0. The third-order valence-corrected chi connectivity index (χ3v) is 5.05. The number of benzene rings is 1. The molecule has 0 radical (unpaired) electrons. The molecule has 0 spiro atoms. The molecule has 1 N–H and O–H groups in total. The lowest BCUT2D eigenvalue weighted by molar-refractivity contribution is 0.0691. The van der Waals surface area contributed by atoms with Crippen LogP contribution in [-0.4, -0.2) is 28.9 Å². The van der Waals surface area contributed by atoms with E-state index >= 15 is 0 Å². The molecule has 1 amide bonds. The maximum Gasteiger partial charge on any atom is 0.272 e. The Balaban J connectivity index is 1.71. The van der Waals surface area contributed by atoms with Crippen molar-refractivity contribution in [2.75, 3.05) is 18.4 Å². The Hall–Kier alpha value is -2.07. The van der Waals surface area contributed by atoms with Crippen molar-refractivity contribution in [3.63, 3.8) is 0 Å². The maximum atomic E-state index is 12.5. The first-order chi connectivity index (χ1) is 11.9. The number of amides is 1. The largest absolute Gasteiger partial charge is 0.353 e. The highest BCUT2D eigenvalue weighted by Gasteiger charge is 2.22. The maximum absolute atomic E-state index is 12.5. The van der Waals surface area contributed by atoms with Crippen LogP contribution < -0.4 is 5.32 Å². The fraction of sp³-hybridized carbons (Fsp3) is 0.400. The predicted octanol–water partition coefficient (Wildman–Crippen LogP) is 4.97. The van der Waals surface area contributed by atoms with Crippen LogP contribution >= 0.6 is 11.6 Å². The summed E-state index contributed by atoms with van der Waals surface area (Å²) in [6, 6.07) is 7.67. The van der Waals surface area contributed by atoms with E-state index < -0.39 is 0 Å². The van der Waals surface area contributed by atoms with E-state index in [1.54, 1.807) is 12.3 Å². The standard InChI is InChI=1S/C20H24ClN3O/c1-13-6-8-24(9-7-13)20(25)18-5-4-16(12-22-18)23-19-15(3)10-14(2)11-17(19)21/h4-5,10-13,23H,6-9H2,1-3H3. The first-order valence-electron chi connectivity index (χ1n) is 8.73. The summed E-state index contributed by atoms with van der Waals surface area (Å²) >= 11 is 6.34. The van der Waals surface area contributed by atoms with E-state index in [1.165, 1.54) is 0 Å². The minimum atomic E-state index is 0.0167. The van der Waals surface area contributed by atoms with E-state index in [9.17, 15) is 4.79 Å². The molecular formula is C20H24ClN3O. The van der Waals surface area contributed by atoms with Crippen LogP contribution in [0.1, 0.15) is 41.4 Å². The summed E-state index contributed by atoms with van der Waals surface area (Å²) in [6.07, 6.45) is 3.82. The number of hydrogen-bond acceptors (Lipinski definition) is 3. The molecule has 1 aromatic carbocycles. The molecule has 0 atom stereocenters. The number of anilines is 2. The average Bonchev–Trinajstić information content (AvgIpc) is 2.59. The first kappa shape index (κ1) is 17.7. The molecule has 2 heterocycles. The van der Waals surface area contributed by atoms with Gasteiger partial charge in [0.15, 0.2) is 0 Å². The van der Waals surface area contributed by atoms with Gasteiger partial charge in [-0.05, 0) is 61.9 Å². The van der Waals surface area contributed by atoms with Gasteiger partial charge in [-0.1, -0.05) is 24.6 Å². The molecule has 132 valence electrons. The van der Waals surface area contributed by atoms with E-state index in [2.05, 4.69) is 23.3 Å². The van der Waals surface area contributed by atoms with Gasteiger partial charge in [-0.25, -0.2) is 4.98 Å². The fourth-order valence-electron chi connectivity index (χ4n) is 3.19. The van der Waals surface area contributed by atoms with Crippen LogP contribution in [-0.2, 0) is 0 Å². The van der Waals surface area contributed by atoms with Gasteiger partial charge in [-0.3, -0.25) is 4.79 Å². The summed E-state index contributed by atoms with van der Waals surface area (Å²) in [7, 11) is 0. The van der Waals surface area contributed by atoms with E-state index in [-0.39, 0.29) is 5.91 Å². The number of hydrogen-bond donors (Lipinski definition) is 1. The minimum Gasteiger partial charge on any atom is -0.353 e. The van der Waals surface area contributed by atoms with Crippen molar-refractivity contribution >= 4 is 28.9 Å². The molecule has 0 bridgehead atoms. The number of pyridine rings is 1. The number of likely N-dealkylation sites (tertiary alicyclic amines) is 1. The first-order valence-corrected chi connectivity index (χ1v) is 9.11. The van der Waals surface area contributed by atoms with Gasteiger partial charge in [0.05, 0.1) is 22.6 Å². The highest BCUT2D eigenvalue weighted by molar-refractivity contribution is 6.33. The average molecular weight is 358 g/mol. The van der Waals surface area contributed by atoms with Crippen LogP contribution in [0.2, 0.25) is 5.02 Å². The van der Waals surface area contributed by atoms with Crippen LogP contribution in [0.15, 0.2) is 30.5 Å². The van der Waals surface area contributed by atoms with Crippen molar-refractivity contribution in [2.45, 2.75) is 33.6 Å². The number of piperidine rings is 1. The van der Waals surface area contributed by atoms with Crippen molar-refractivity contribution in [2.24, 2.45) is 5.92 Å². The topological polar surface area (TPSA) is 45.2 Å². The molecule has 0 unspecified atom stereocenters. The number of rotatable bonds is 3. The van der Waals surface area contributed by atoms with Gasteiger partial charge in [0.25, 0.3) is 5.91 Å². The SMILES string of the molecule is Cc1cc(C)c(Nc2ccc(C(=O)N3CCC(C)CC3)nc2)c(Cl)c1. The molecule has 0 aliphatic carbocycles. The Morgan fingerprint density at radius 2 is 1.96 bits per heavy atom. The van der Waals surface area contributed by atoms with Crippen LogP contribution in [0.25, 0.3) is 0 Å². The van der Waals surface area contributed by atoms with Crippen LogP contribution in [0.3, 0.4) is 0 Å². The van der Waals surface area contributed by atoms with Gasteiger partial charge < -0.3 is 10.2 Å². The number of aryl methyl sites for hydroxylation is 2. The van der Waals surface area contributed by atoms with Gasteiger partial charge in [-0.2, -0.15) is 0 Å². The van der Waals surface area contributed by atoms with Gasteiger partial charge in [0.1, 0.15) is 5.69 Å². The van der Waals surface area contributed by atoms with E-state index in [0.29, 0.717) is 16.6 Å². The molecule has 1 aliphatic rings. The van der Waals surface area contributed by atoms with Gasteiger partial charge in [0.2, 0.25) is 0 Å². The number of nitrogens with zero attached hydrogens (tertiary/aromatic N) is 2. The molecule has 4 nitrogen and oxygen atoms in total. The summed E-state index contributed by atoms with van der Waals surface area (Å²) in [6.45, 7) is 7.91. The number of halogens is 1. The highest BCUT2D eigenvalue weighted by Crippen LogP contribution is 2.30. The summed E-state index contributed by atoms with van der Waals surface area (Å²) < 4.78 is 0. The summed E-state index contributed by atoms with van der Waals surface area (Å²) in [4.78, 5) is 18.8. The van der Waals surface area contributed by atoms with Gasteiger partial charge in [-0.15, -0.1) is 0 Å². The molecule has 5 heteroatoms. The lowest BCUT2D eigenvalue weighted by atomic mass is 9.99. The summed E-state index contributed by atoms with van der Waals surface area (Å²) in [5.41, 5.74) is 4.39. The Morgan fingerprint density at radius 1 is 1.24 bits per heavy atom. The Labute approximate surface area is 154 Å². The third kappa shape index (κ3) is 4.13. The van der Waals surface area contributed by atoms with Crippen molar-refractivity contribution in [3.05, 3.63) is 52.3 Å². The molecule has 1 aromatic heterocycles. The lowest BCUT2D eigenvalue weighted by Crippen LogP contribution is -2.38. The van der Waals surface area contributed by atoms with Crippen molar-refractivity contribution in [3.8, 4) is 0 Å². The molecular weight excluding hydrogens is 334 g/mol. The Kier molecular flexibility index (Phi) is 5.28. The van der Waals surface area contributed by atoms with Gasteiger partial charge in [0, 0.05) is 13.1 Å². The Morgan fingerprint density at radius 3 is 2.56 bits per heavy atom. The number of aromatic nitrogens is 1.